The van der Waals surface area contributed by atoms with E-state index >= 15 is 0 Å². The van der Waals surface area contributed by atoms with Crippen molar-refractivity contribution in [2.24, 2.45) is 10.9 Å². The number of rotatable bonds is 4. The first-order valence-corrected chi connectivity index (χ1v) is 11.3. The number of hydrogen-bond donors (Lipinski definition) is 1. The Hall–Kier alpha value is -3.40. The molecule has 4 heteroatoms. The Kier molecular flexibility index (Phi) is 4.70. The van der Waals surface area contributed by atoms with Crippen LogP contribution in [0.25, 0.3) is 5.57 Å². The van der Waals surface area contributed by atoms with E-state index in [-0.39, 0.29) is 17.0 Å². The minimum absolute atomic E-state index is 0.0659. The average molecular weight is 425 g/mol. The van der Waals surface area contributed by atoms with Crippen molar-refractivity contribution < 1.29 is 9.90 Å². The number of hydrogen-bond acceptors (Lipinski definition) is 4. The second kappa shape index (κ2) is 7.33. The Morgan fingerprint density at radius 2 is 1.81 bits per heavy atom. The summed E-state index contributed by atoms with van der Waals surface area (Å²) in [5.41, 5.74) is 6.41. The zero-order valence-corrected chi connectivity index (χ0v) is 19.0. The van der Waals surface area contributed by atoms with Crippen LogP contribution in [0.2, 0.25) is 0 Å². The van der Waals surface area contributed by atoms with Crippen LogP contribution >= 0.6 is 0 Å². The Bertz CT molecular complexity index is 1260. The van der Waals surface area contributed by atoms with Gasteiger partial charge in [0.05, 0.1) is 16.8 Å². The first-order chi connectivity index (χ1) is 15.3. The molecule has 0 bridgehead atoms. The second-order valence-electron chi connectivity index (χ2n) is 9.66. The number of nitrogens with zero attached hydrogens (tertiary/aromatic N) is 2. The smallest absolute Gasteiger partial charge is 0.201 e. The number of allylic oxidation sites excluding steroid dienone is 5. The van der Waals surface area contributed by atoms with Crippen molar-refractivity contribution in [3.05, 3.63) is 88.3 Å². The molecule has 2 aromatic rings. The molecule has 0 unspecified atom stereocenters. The van der Waals surface area contributed by atoms with Gasteiger partial charge in [0.1, 0.15) is 5.76 Å². The fourth-order valence-corrected chi connectivity index (χ4v) is 4.89. The number of aliphatic imine (C=N–C) groups is 1. The second-order valence-corrected chi connectivity index (χ2v) is 9.66. The third-order valence-electron chi connectivity index (χ3n) is 6.77. The summed E-state index contributed by atoms with van der Waals surface area (Å²) in [7, 11) is 0. The van der Waals surface area contributed by atoms with Gasteiger partial charge in [-0.3, -0.25) is 9.79 Å². The van der Waals surface area contributed by atoms with Crippen LogP contribution in [0.1, 0.15) is 45.2 Å². The topological polar surface area (TPSA) is 52.9 Å². The molecule has 2 aromatic carbocycles. The highest BCUT2D eigenvalue weighted by Crippen LogP contribution is 2.49. The largest absolute Gasteiger partial charge is 0.506 e. The lowest BCUT2D eigenvalue weighted by molar-refractivity contribution is -0.113. The van der Waals surface area contributed by atoms with Gasteiger partial charge in [0.2, 0.25) is 5.78 Å². The Labute approximate surface area is 189 Å². The van der Waals surface area contributed by atoms with Gasteiger partial charge in [-0.2, -0.15) is 0 Å². The van der Waals surface area contributed by atoms with Crippen LogP contribution in [-0.4, -0.2) is 23.6 Å². The number of para-hydroxylation sites is 2. The third kappa shape index (κ3) is 2.97. The maximum atomic E-state index is 13.2. The zero-order valence-electron chi connectivity index (χ0n) is 19.0. The molecule has 0 radical (unpaired) electrons. The van der Waals surface area contributed by atoms with E-state index in [0.717, 1.165) is 29.9 Å². The minimum Gasteiger partial charge on any atom is -0.506 e. The molecular formula is C28H28N2O2. The molecule has 5 rings (SSSR count). The van der Waals surface area contributed by atoms with E-state index in [1.54, 1.807) is 6.21 Å². The number of fused-ring (bicyclic) bond motifs is 2. The normalized spacial score (nSPS) is 22.1. The van der Waals surface area contributed by atoms with Gasteiger partial charge in [-0.15, -0.1) is 0 Å². The monoisotopic (exact) mass is 424 g/mol. The fourth-order valence-electron chi connectivity index (χ4n) is 4.89. The molecule has 0 saturated carbocycles. The number of carbonyl (C=O) groups excluding carboxylic acids is 1. The Balaban J connectivity index is 1.59. The van der Waals surface area contributed by atoms with Gasteiger partial charge < -0.3 is 10.0 Å². The van der Waals surface area contributed by atoms with Gasteiger partial charge in [-0.1, -0.05) is 64.1 Å². The SMILES string of the molecule is CC(C)CCN1C(=CC2=C(O)C(=C3C=Nc4ccccc43)C2=O)C(C)(C)c2ccccc21. The molecule has 0 amide bonds. The van der Waals surface area contributed by atoms with Gasteiger partial charge in [-0.05, 0) is 36.1 Å². The summed E-state index contributed by atoms with van der Waals surface area (Å²) in [5.74, 6) is 0.517. The van der Waals surface area contributed by atoms with Gasteiger partial charge in [0.15, 0.2) is 0 Å². The van der Waals surface area contributed by atoms with E-state index in [2.05, 4.69) is 61.9 Å². The molecule has 1 aliphatic carbocycles. The van der Waals surface area contributed by atoms with E-state index in [9.17, 15) is 9.90 Å². The summed E-state index contributed by atoms with van der Waals surface area (Å²) in [5, 5.41) is 11.0. The molecule has 32 heavy (non-hydrogen) atoms. The summed E-state index contributed by atoms with van der Waals surface area (Å²) in [4.78, 5) is 19.9. The lowest BCUT2D eigenvalue weighted by Gasteiger charge is -2.30. The van der Waals surface area contributed by atoms with Gasteiger partial charge in [-0.25, -0.2) is 0 Å². The van der Waals surface area contributed by atoms with Crippen LogP contribution in [0, 0.1) is 5.92 Å². The first-order valence-electron chi connectivity index (χ1n) is 11.3. The standard InChI is InChI=1S/C28H28N2O2/c1-17(2)13-14-30-23-12-8-6-10-21(23)28(3,4)24(30)15-19-26(31)25(27(19)32)20-16-29-22-11-7-5-9-18(20)22/h5-12,15-17,31H,13-14H2,1-4H3. The average Bonchev–Trinajstić information content (AvgIpc) is 3.28. The number of benzene rings is 2. The number of carbonyl (C=O) groups is 1. The van der Waals surface area contributed by atoms with Crippen LogP contribution in [0.3, 0.4) is 0 Å². The summed E-state index contributed by atoms with van der Waals surface area (Å²) < 4.78 is 0. The van der Waals surface area contributed by atoms with Crippen molar-refractivity contribution in [1.82, 2.24) is 0 Å². The van der Waals surface area contributed by atoms with Crippen molar-refractivity contribution >= 4 is 28.9 Å². The van der Waals surface area contributed by atoms with Crippen molar-refractivity contribution in [3.8, 4) is 0 Å². The molecule has 2 aliphatic heterocycles. The predicted molar refractivity (Wildman–Crippen MR) is 131 cm³/mol. The van der Waals surface area contributed by atoms with Crippen LogP contribution in [0.4, 0.5) is 11.4 Å². The lowest BCUT2D eigenvalue weighted by atomic mass is 9.79. The third-order valence-corrected chi connectivity index (χ3v) is 6.77. The summed E-state index contributed by atoms with van der Waals surface area (Å²) in [6.07, 6.45) is 4.63. The molecule has 3 aliphatic rings. The highest BCUT2D eigenvalue weighted by Gasteiger charge is 2.43. The van der Waals surface area contributed by atoms with Crippen molar-refractivity contribution in [3.63, 3.8) is 0 Å². The molecule has 0 aromatic heterocycles. The predicted octanol–water partition coefficient (Wildman–Crippen LogP) is 6.28. The molecule has 0 fully saturated rings. The molecule has 0 saturated heterocycles. The van der Waals surface area contributed by atoms with Crippen LogP contribution in [0.15, 0.2) is 82.2 Å². The van der Waals surface area contributed by atoms with Gasteiger partial charge in [0, 0.05) is 40.7 Å². The highest BCUT2D eigenvalue weighted by atomic mass is 16.3. The highest BCUT2D eigenvalue weighted by molar-refractivity contribution is 6.33. The maximum Gasteiger partial charge on any atom is 0.201 e. The number of Topliss-reactive ketones (excluding diaryl/α,β-unsaturated/α-hetero) is 1. The van der Waals surface area contributed by atoms with Gasteiger partial charge >= 0.3 is 0 Å². The van der Waals surface area contributed by atoms with Crippen molar-refractivity contribution in [2.45, 2.75) is 39.5 Å². The molecule has 1 N–H and O–H groups in total. The number of aliphatic hydroxyl groups is 1. The van der Waals surface area contributed by atoms with Gasteiger partial charge in [0.25, 0.3) is 0 Å². The van der Waals surface area contributed by atoms with Crippen LogP contribution in [-0.2, 0) is 10.2 Å². The number of anilines is 1. The molecular weight excluding hydrogens is 396 g/mol. The number of ketones is 1. The van der Waals surface area contributed by atoms with E-state index < -0.39 is 0 Å². The van der Waals surface area contributed by atoms with Crippen LogP contribution < -0.4 is 4.90 Å². The zero-order chi connectivity index (χ0) is 22.6. The Morgan fingerprint density at radius 1 is 1.09 bits per heavy atom. The van der Waals surface area contributed by atoms with E-state index in [0.29, 0.717) is 22.6 Å². The summed E-state index contributed by atoms with van der Waals surface area (Å²) in [6, 6.07) is 16.1. The van der Waals surface area contributed by atoms with Crippen molar-refractivity contribution in [1.29, 1.82) is 0 Å². The maximum absolute atomic E-state index is 13.2. The number of aliphatic hydroxyl groups excluding tert-OH is 1. The molecule has 4 nitrogen and oxygen atoms in total. The van der Waals surface area contributed by atoms with E-state index in [1.807, 2.05) is 30.3 Å². The summed E-state index contributed by atoms with van der Waals surface area (Å²) in [6.45, 7) is 9.69. The lowest BCUT2D eigenvalue weighted by Crippen LogP contribution is -2.30. The molecule has 0 atom stereocenters. The fraction of sp³-hybridized carbons (Fsp3) is 0.286. The summed E-state index contributed by atoms with van der Waals surface area (Å²) >= 11 is 0. The molecule has 162 valence electrons. The minimum atomic E-state index is -0.258. The van der Waals surface area contributed by atoms with E-state index in [1.165, 1.54) is 11.3 Å². The quantitative estimate of drug-likeness (QED) is 0.588. The molecule has 0 spiro atoms. The van der Waals surface area contributed by atoms with Crippen LogP contribution in [0.5, 0.6) is 0 Å². The Morgan fingerprint density at radius 3 is 2.56 bits per heavy atom. The molecule has 2 heterocycles. The first kappa shape index (κ1) is 20.5. The van der Waals surface area contributed by atoms with Crippen molar-refractivity contribution in [2.75, 3.05) is 11.4 Å². The van der Waals surface area contributed by atoms with E-state index in [4.69, 9.17) is 0 Å².